The van der Waals surface area contributed by atoms with Crippen LogP contribution < -0.4 is 0 Å². The van der Waals surface area contributed by atoms with Gasteiger partial charge in [-0.2, -0.15) is 0 Å². The van der Waals surface area contributed by atoms with E-state index in [4.69, 9.17) is 0 Å². The van der Waals surface area contributed by atoms with Crippen LogP contribution in [0.1, 0.15) is 20.3 Å². The summed E-state index contributed by atoms with van der Waals surface area (Å²) >= 11 is 1.89. The molecule has 0 spiro atoms. The van der Waals surface area contributed by atoms with Crippen molar-refractivity contribution in [1.82, 2.24) is 4.98 Å². The van der Waals surface area contributed by atoms with Crippen LogP contribution in [0.5, 0.6) is 0 Å². The molecule has 0 bridgehead atoms. The summed E-state index contributed by atoms with van der Waals surface area (Å²) in [5.41, 5.74) is 0. The quantitative estimate of drug-likeness (QED) is 0.661. The third-order valence-electron chi connectivity index (χ3n) is 1.87. The predicted molar refractivity (Wildman–Crippen MR) is 54.4 cm³/mol. The fourth-order valence-corrected chi connectivity index (χ4v) is 1.81. The lowest BCUT2D eigenvalue weighted by atomic mass is 10.2. The molecule has 1 unspecified atom stereocenters. The van der Waals surface area contributed by atoms with Crippen LogP contribution >= 0.6 is 11.8 Å². The highest BCUT2D eigenvalue weighted by Crippen LogP contribution is 2.20. The topological polar surface area (TPSA) is 12.9 Å². The monoisotopic (exact) mass is 181 g/mol. The first kappa shape index (κ1) is 9.59. The molecule has 0 N–H and O–H groups in total. The summed E-state index contributed by atoms with van der Waals surface area (Å²) in [6, 6.07) is 4.10. The SMILES string of the molecule is CCC(C)CSc1cccnc1. The van der Waals surface area contributed by atoms with Crippen LogP contribution in [0.2, 0.25) is 0 Å². The second-order valence-electron chi connectivity index (χ2n) is 3.01. The summed E-state index contributed by atoms with van der Waals surface area (Å²) in [5, 5.41) is 0. The predicted octanol–water partition coefficient (Wildman–Crippen LogP) is 3.22. The van der Waals surface area contributed by atoms with Crippen molar-refractivity contribution in [2.45, 2.75) is 25.2 Å². The Labute approximate surface area is 78.6 Å². The lowest BCUT2D eigenvalue weighted by Gasteiger charge is -2.06. The average Bonchev–Trinajstić information content (AvgIpc) is 2.16. The third kappa shape index (κ3) is 3.26. The van der Waals surface area contributed by atoms with Crippen molar-refractivity contribution < 1.29 is 0 Å². The molecule has 1 rings (SSSR count). The van der Waals surface area contributed by atoms with Crippen molar-refractivity contribution >= 4 is 11.8 Å². The normalized spacial score (nSPS) is 12.8. The second-order valence-corrected chi connectivity index (χ2v) is 4.11. The van der Waals surface area contributed by atoms with Crippen molar-refractivity contribution in [3.8, 4) is 0 Å². The molecule has 1 heterocycles. The zero-order valence-electron chi connectivity index (χ0n) is 7.66. The fourth-order valence-electron chi connectivity index (χ4n) is 0.789. The number of nitrogens with zero attached hydrogens (tertiary/aromatic N) is 1. The Morgan fingerprint density at radius 2 is 2.42 bits per heavy atom. The zero-order valence-corrected chi connectivity index (χ0v) is 8.47. The van der Waals surface area contributed by atoms with E-state index < -0.39 is 0 Å². The lowest BCUT2D eigenvalue weighted by Crippen LogP contribution is -1.94. The van der Waals surface area contributed by atoms with E-state index in [0.717, 1.165) is 5.92 Å². The molecule has 0 aliphatic carbocycles. The first-order valence-corrected chi connectivity index (χ1v) is 5.34. The molecule has 12 heavy (non-hydrogen) atoms. The highest BCUT2D eigenvalue weighted by Gasteiger charge is 1.99. The number of hydrogen-bond acceptors (Lipinski definition) is 2. The van der Waals surface area contributed by atoms with E-state index in [1.165, 1.54) is 17.1 Å². The van der Waals surface area contributed by atoms with E-state index in [2.05, 4.69) is 24.9 Å². The molecule has 0 saturated heterocycles. The van der Waals surface area contributed by atoms with Gasteiger partial charge in [-0.25, -0.2) is 0 Å². The number of pyridine rings is 1. The van der Waals surface area contributed by atoms with Gasteiger partial charge in [0.15, 0.2) is 0 Å². The Hall–Kier alpha value is -0.500. The molecule has 0 saturated carbocycles. The van der Waals surface area contributed by atoms with Crippen LogP contribution in [-0.4, -0.2) is 10.7 Å². The number of thioether (sulfide) groups is 1. The molecule has 0 amide bonds. The first-order chi connectivity index (χ1) is 5.83. The maximum atomic E-state index is 4.07. The standard InChI is InChI=1S/C10H15NS/c1-3-9(2)8-12-10-5-4-6-11-7-10/h4-7,9H,3,8H2,1-2H3. The van der Waals surface area contributed by atoms with Crippen molar-refractivity contribution in [2.75, 3.05) is 5.75 Å². The van der Waals surface area contributed by atoms with E-state index in [1.54, 1.807) is 0 Å². The summed E-state index contributed by atoms with van der Waals surface area (Å²) < 4.78 is 0. The summed E-state index contributed by atoms with van der Waals surface area (Å²) in [5.74, 6) is 2.00. The Morgan fingerprint density at radius 3 is 3.00 bits per heavy atom. The van der Waals surface area contributed by atoms with Crippen LogP contribution in [0.25, 0.3) is 0 Å². The van der Waals surface area contributed by atoms with Gasteiger partial charge in [0.05, 0.1) is 0 Å². The van der Waals surface area contributed by atoms with Gasteiger partial charge < -0.3 is 0 Å². The van der Waals surface area contributed by atoms with Crippen LogP contribution in [0.15, 0.2) is 29.4 Å². The lowest BCUT2D eigenvalue weighted by molar-refractivity contribution is 0.637. The maximum Gasteiger partial charge on any atom is 0.0403 e. The molecule has 0 radical (unpaired) electrons. The molecule has 2 heteroatoms. The summed E-state index contributed by atoms with van der Waals surface area (Å²) in [6.07, 6.45) is 4.99. The van der Waals surface area contributed by atoms with Gasteiger partial charge in [-0.15, -0.1) is 11.8 Å². The molecule has 66 valence electrons. The molecule has 0 aromatic carbocycles. The van der Waals surface area contributed by atoms with Gasteiger partial charge in [-0.05, 0) is 18.1 Å². The third-order valence-corrected chi connectivity index (χ3v) is 3.18. The summed E-state index contributed by atoms with van der Waals surface area (Å²) in [4.78, 5) is 5.34. The molecule has 1 atom stereocenters. The molecular weight excluding hydrogens is 166 g/mol. The van der Waals surface area contributed by atoms with Gasteiger partial charge in [-0.3, -0.25) is 4.98 Å². The van der Waals surface area contributed by atoms with Gasteiger partial charge in [0.25, 0.3) is 0 Å². The van der Waals surface area contributed by atoms with E-state index >= 15 is 0 Å². The maximum absolute atomic E-state index is 4.07. The highest BCUT2D eigenvalue weighted by molar-refractivity contribution is 7.99. The van der Waals surface area contributed by atoms with Crippen LogP contribution in [0.3, 0.4) is 0 Å². The second kappa shape index (κ2) is 5.20. The van der Waals surface area contributed by atoms with Gasteiger partial charge in [0.2, 0.25) is 0 Å². The van der Waals surface area contributed by atoms with Gasteiger partial charge >= 0.3 is 0 Å². The minimum atomic E-state index is 0.801. The minimum Gasteiger partial charge on any atom is -0.264 e. The number of rotatable bonds is 4. The van der Waals surface area contributed by atoms with Crippen molar-refractivity contribution in [2.24, 2.45) is 5.92 Å². The van der Waals surface area contributed by atoms with Crippen LogP contribution in [-0.2, 0) is 0 Å². The van der Waals surface area contributed by atoms with Gasteiger partial charge in [0, 0.05) is 23.0 Å². The highest BCUT2D eigenvalue weighted by atomic mass is 32.2. The van der Waals surface area contributed by atoms with E-state index in [1.807, 2.05) is 30.2 Å². The van der Waals surface area contributed by atoms with E-state index in [-0.39, 0.29) is 0 Å². The smallest absolute Gasteiger partial charge is 0.0403 e. The minimum absolute atomic E-state index is 0.801. The van der Waals surface area contributed by atoms with Gasteiger partial charge in [0.1, 0.15) is 0 Å². The number of aromatic nitrogens is 1. The largest absolute Gasteiger partial charge is 0.264 e. The molecule has 0 aliphatic heterocycles. The fraction of sp³-hybridized carbons (Fsp3) is 0.500. The Morgan fingerprint density at radius 1 is 1.58 bits per heavy atom. The van der Waals surface area contributed by atoms with E-state index in [9.17, 15) is 0 Å². The summed E-state index contributed by atoms with van der Waals surface area (Å²) in [6.45, 7) is 4.51. The Kier molecular flexibility index (Phi) is 4.15. The molecule has 0 aliphatic rings. The van der Waals surface area contributed by atoms with Crippen molar-refractivity contribution in [1.29, 1.82) is 0 Å². The molecule has 1 aromatic heterocycles. The van der Waals surface area contributed by atoms with Crippen molar-refractivity contribution in [3.63, 3.8) is 0 Å². The van der Waals surface area contributed by atoms with Crippen LogP contribution in [0.4, 0.5) is 0 Å². The molecule has 1 aromatic rings. The summed E-state index contributed by atoms with van der Waals surface area (Å²) in [7, 11) is 0. The Balaban J connectivity index is 2.33. The first-order valence-electron chi connectivity index (χ1n) is 4.35. The molecule has 0 fully saturated rings. The zero-order chi connectivity index (χ0) is 8.81. The van der Waals surface area contributed by atoms with Crippen molar-refractivity contribution in [3.05, 3.63) is 24.5 Å². The van der Waals surface area contributed by atoms with E-state index in [0.29, 0.717) is 0 Å². The number of hydrogen-bond donors (Lipinski definition) is 0. The van der Waals surface area contributed by atoms with Crippen LogP contribution in [0, 0.1) is 5.92 Å². The molecular formula is C10H15NS. The Bertz CT molecular complexity index is 210. The average molecular weight is 181 g/mol. The van der Waals surface area contributed by atoms with Gasteiger partial charge in [-0.1, -0.05) is 20.3 Å². The molecule has 1 nitrogen and oxygen atoms in total.